The summed E-state index contributed by atoms with van der Waals surface area (Å²) >= 11 is 3.62. The summed E-state index contributed by atoms with van der Waals surface area (Å²) in [5.41, 5.74) is 1.10. The summed E-state index contributed by atoms with van der Waals surface area (Å²) in [5.74, 6) is 4.16. The Morgan fingerprint density at radius 2 is 2.17 bits per heavy atom. The van der Waals surface area contributed by atoms with Crippen LogP contribution in [-0.4, -0.2) is 35.5 Å². The fraction of sp³-hybridized carbons (Fsp3) is 0.462. The molecule has 1 aromatic carbocycles. The molecule has 3 nitrogen and oxygen atoms in total. The molecule has 0 radical (unpaired) electrons. The van der Waals surface area contributed by atoms with Crippen LogP contribution in [0, 0.1) is 0 Å². The topological polar surface area (TPSA) is 38.3 Å². The molecule has 0 unspecified atom stereocenters. The molecule has 0 bridgehead atoms. The zero-order valence-corrected chi connectivity index (χ0v) is 12.0. The highest BCUT2D eigenvalue weighted by atomic mass is 32.2. The molecule has 1 fully saturated rings. The SMILES string of the molecule is COc1ccc(CNC(=O)[C@@H]2CSCCS2)cc1. The van der Waals surface area contributed by atoms with Crippen LogP contribution in [0.2, 0.25) is 0 Å². The van der Waals surface area contributed by atoms with E-state index in [1.165, 1.54) is 0 Å². The molecule has 1 atom stereocenters. The second kappa shape index (κ2) is 6.95. The highest BCUT2D eigenvalue weighted by Crippen LogP contribution is 2.24. The molecule has 18 heavy (non-hydrogen) atoms. The van der Waals surface area contributed by atoms with Crippen LogP contribution >= 0.6 is 23.5 Å². The lowest BCUT2D eigenvalue weighted by atomic mass is 10.2. The minimum Gasteiger partial charge on any atom is -0.497 e. The van der Waals surface area contributed by atoms with Crippen LogP contribution in [0.3, 0.4) is 0 Å². The Kier molecular flexibility index (Phi) is 5.26. The average Bonchev–Trinajstić information content (AvgIpc) is 2.46. The van der Waals surface area contributed by atoms with Crippen molar-refractivity contribution in [3.63, 3.8) is 0 Å². The molecule has 1 amide bonds. The molecule has 1 saturated heterocycles. The number of benzene rings is 1. The maximum atomic E-state index is 11.9. The molecule has 0 spiro atoms. The van der Waals surface area contributed by atoms with Crippen LogP contribution in [0.15, 0.2) is 24.3 Å². The third kappa shape index (κ3) is 3.85. The summed E-state index contributed by atoms with van der Waals surface area (Å²) in [6.45, 7) is 0.588. The van der Waals surface area contributed by atoms with Crippen molar-refractivity contribution in [3.8, 4) is 5.75 Å². The average molecular weight is 283 g/mol. The summed E-state index contributed by atoms with van der Waals surface area (Å²) in [4.78, 5) is 11.9. The summed E-state index contributed by atoms with van der Waals surface area (Å²) in [7, 11) is 1.65. The largest absolute Gasteiger partial charge is 0.497 e. The number of amides is 1. The van der Waals surface area contributed by atoms with E-state index < -0.39 is 0 Å². The van der Waals surface area contributed by atoms with Crippen LogP contribution in [0.25, 0.3) is 0 Å². The molecular formula is C13H17NO2S2. The Hall–Kier alpha value is -0.810. The molecule has 0 aliphatic carbocycles. The van der Waals surface area contributed by atoms with Crippen LogP contribution in [-0.2, 0) is 11.3 Å². The third-order valence-electron chi connectivity index (χ3n) is 2.73. The first kappa shape index (κ1) is 13.6. The molecule has 1 aromatic rings. The normalized spacial score (nSPS) is 19.3. The minimum atomic E-state index is 0.113. The van der Waals surface area contributed by atoms with Gasteiger partial charge in [-0.1, -0.05) is 12.1 Å². The van der Waals surface area contributed by atoms with Crippen molar-refractivity contribution in [2.45, 2.75) is 11.8 Å². The molecule has 98 valence electrons. The van der Waals surface area contributed by atoms with Crippen LogP contribution in [0.5, 0.6) is 5.75 Å². The molecule has 5 heteroatoms. The van der Waals surface area contributed by atoms with Gasteiger partial charge < -0.3 is 10.1 Å². The number of carbonyl (C=O) groups excluding carboxylic acids is 1. The van der Waals surface area contributed by atoms with Gasteiger partial charge in [0, 0.05) is 23.8 Å². The van der Waals surface area contributed by atoms with Gasteiger partial charge in [-0.15, -0.1) is 11.8 Å². The van der Waals surface area contributed by atoms with Gasteiger partial charge in [-0.25, -0.2) is 0 Å². The van der Waals surface area contributed by atoms with Gasteiger partial charge >= 0.3 is 0 Å². The molecule has 2 rings (SSSR count). The zero-order valence-electron chi connectivity index (χ0n) is 10.3. The van der Waals surface area contributed by atoms with Gasteiger partial charge in [-0.3, -0.25) is 4.79 Å². The molecule has 1 aliphatic rings. The number of methoxy groups -OCH3 is 1. The predicted octanol–water partition coefficient (Wildman–Crippen LogP) is 2.16. The lowest BCUT2D eigenvalue weighted by molar-refractivity contribution is -0.120. The van der Waals surface area contributed by atoms with Gasteiger partial charge in [0.25, 0.3) is 0 Å². The van der Waals surface area contributed by atoms with E-state index in [2.05, 4.69) is 5.32 Å². The first-order valence-electron chi connectivity index (χ1n) is 5.89. The van der Waals surface area contributed by atoms with Gasteiger partial charge in [-0.05, 0) is 17.7 Å². The Balaban J connectivity index is 1.80. The maximum absolute atomic E-state index is 11.9. The zero-order chi connectivity index (χ0) is 12.8. The summed E-state index contributed by atoms with van der Waals surface area (Å²) in [5, 5.41) is 3.11. The van der Waals surface area contributed by atoms with Gasteiger partial charge in [-0.2, -0.15) is 11.8 Å². The number of rotatable bonds is 4. The van der Waals surface area contributed by atoms with E-state index in [1.54, 1.807) is 18.9 Å². The second-order valence-electron chi connectivity index (χ2n) is 4.00. The Morgan fingerprint density at radius 1 is 1.39 bits per heavy atom. The Bertz CT molecular complexity index is 388. The lowest BCUT2D eigenvalue weighted by Crippen LogP contribution is -2.35. The summed E-state index contributed by atoms with van der Waals surface area (Å²) in [6, 6.07) is 7.77. The highest BCUT2D eigenvalue weighted by Gasteiger charge is 2.21. The number of thioether (sulfide) groups is 2. The van der Waals surface area contributed by atoms with E-state index in [-0.39, 0.29) is 11.2 Å². The first-order chi connectivity index (χ1) is 8.79. The number of carbonyl (C=O) groups is 1. The first-order valence-corrected chi connectivity index (χ1v) is 8.10. The van der Waals surface area contributed by atoms with Crippen molar-refractivity contribution in [1.29, 1.82) is 0 Å². The van der Waals surface area contributed by atoms with Crippen molar-refractivity contribution in [3.05, 3.63) is 29.8 Å². The Morgan fingerprint density at radius 3 is 2.78 bits per heavy atom. The Labute approximate surface area is 116 Å². The van der Waals surface area contributed by atoms with E-state index in [9.17, 15) is 4.79 Å². The molecule has 0 saturated carbocycles. The predicted molar refractivity (Wildman–Crippen MR) is 78.4 cm³/mol. The standard InChI is InChI=1S/C13H17NO2S2/c1-16-11-4-2-10(3-5-11)8-14-13(15)12-9-17-6-7-18-12/h2-5,12H,6-9H2,1H3,(H,14,15)/t12-/m0/s1. The maximum Gasteiger partial charge on any atom is 0.234 e. The molecular weight excluding hydrogens is 266 g/mol. The molecule has 1 N–H and O–H groups in total. The van der Waals surface area contributed by atoms with Gasteiger partial charge in [0.05, 0.1) is 12.4 Å². The second-order valence-corrected chi connectivity index (χ2v) is 6.46. The van der Waals surface area contributed by atoms with Gasteiger partial charge in [0.2, 0.25) is 5.91 Å². The highest BCUT2D eigenvalue weighted by molar-refractivity contribution is 8.07. The fourth-order valence-corrected chi connectivity index (χ4v) is 4.27. The van der Waals surface area contributed by atoms with E-state index >= 15 is 0 Å². The molecule has 0 aromatic heterocycles. The monoisotopic (exact) mass is 283 g/mol. The van der Waals surface area contributed by atoms with E-state index in [4.69, 9.17) is 4.74 Å². The number of ether oxygens (including phenoxy) is 1. The molecule has 1 aliphatic heterocycles. The van der Waals surface area contributed by atoms with E-state index in [0.29, 0.717) is 6.54 Å². The van der Waals surface area contributed by atoms with Crippen molar-refractivity contribution in [1.82, 2.24) is 5.32 Å². The lowest BCUT2D eigenvalue weighted by Gasteiger charge is -2.20. The number of hydrogen-bond donors (Lipinski definition) is 1. The van der Waals surface area contributed by atoms with Crippen molar-refractivity contribution >= 4 is 29.4 Å². The van der Waals surface area contributed by atoms with Gasteiger partial charge in [0.15, 0.2) is 0 Å². The molecule has 1 heterocycles. The number of nitrogens with one attached hydrogen (secondary N) is 1. The quantitative estimate of drug-likeness (QED) is 0.919. The smallest absolute Gasteiger partial charge is 0.234 e. The summed E-state index contributed by atoms with van der Waals surface area (Å²) < 4.78 is 5.10. The fourth-order valence-electron chi connectivity index (χ4n) is 1.69. The van der Waals surface area contributed by atoms with Crippen molar-refractivity contribution < 1.29 is 9.53 Å². The number of hydrogen-bond acceptors (Lipinski definition) is 4. The van der Waals surface area contributed by atoms with Crippen molar-refractivity contribution in [2.75, 3.05) is 24.4 Å². The van der Waals surface area contributed by atoms with E-state index in [1.807, 2.05) is 36.0 Å². The van der Waals surface area contributed by atoms with Gasteiger partial charge in [0.1, 0.15) is 5.75 Å². The third-order valence-corrected chi connectivity index (χ3v) is 5.49. The van der Waals surface area contributed by atoms with Crippen LogP contribution in [0.1, 0.15) is 5.56 Å². The van der Waals surface area contributed by atoms with Crippen LogP contribution in [0.4, 0.5) is 0 Å². The van der Waals surface area contributed by atoms with Crippen LogP contribution < -0.4 is 10.1 Å². The summed E-state index contributed by atoms with van der Waals surface area (Å²) in [6.07, 6.45) is 0. The minimum absolute atomic E-state index is 0.113. The van der Waals surface area contributed by atoms with Crippen molar-refractivity contribution in [2.24, 2.45) is 0 Å². The van der Waals surface area contributed by atoms with E-state index in [0.717, 1.165) is 28.6 Å².